The summed E-state index contributed by atoms with van der Waals surface area (Å²) in [5.41, 5.74) is 0.741. The molecule has 0 fully saturated rings. The molecule has 0 bridgehead atoms. The van der Waals surface area contributed by atoms with Crippen LogP contribution in [0.4, 0.5) is 4.39 Å². The summed E-state index contributed by atoms with van der Waals surface area (Å²) in [6.07, 6.45) is 1.33. The Hall–Kier alpha value is -2.54. The molecule has 3 aromatic rings. The number of benzene rings is 1. The van der Waals surface area contributed by atoms with Crippen molar-refractivity contribution >= 4 is 27.5 Å². The third-order valence-corrected chi connectivity index (χ3v) is 5.43. The Morgan fingerprint density at radius 3 is 2.84 bits per heavy atom. The maximum Gasteiger partial charge on any atom is 0.261 e. The fourth-order valence-corrected chi connectivity index (χ4v) is 3.75. The number of fused-ring (bicyclic) bond motifs is 1. The van der Waals surface area contributed by atoms with Gasteiger partial charge in [0.1, 0.15) is 10.6 Å². The third kappa shape index (κ3) is 3.32. The van der Waals surface area contributed by atoms with Gasteiger partial charge in [-0.05, 0) is 30.2 Å². The Labute approximate surface area is 147 Å². The van der Waals surface area contributed by atoms with Gasteiger partial charge in [-0.2, -0.15) is 0 Å². The third-order valence-electron chi connectivity index (χ3n) is 4.24. The predicted octanol–water partition coefficient (Wildman–Crippen LogP) is 3.14. The molecule has 0 saturated carbocycles. The first-order chi connectivity index (χ1) is 11.8. The number of H-pyrrole nitrogens is 1. The van der Waals surface area contributed by atoms with Crippen LogP contribution in [0.1, 0.15) is 34.6 Å². The summed E-state index contributed by atoms with van der Waals surface area (Å²) in [5, 5.41) is 3.33. The molecule has 5 nitrogen and oxygen atoms in total. The summed E-state index contributed by atoms with van der Waals surface area (Å²) < 4.78 is 13.4. The summed E-state index contributed by atoms with van der Waals surface area (Å²) in [4.78, 5) is 32.1. The fraction of sp³-hybridized carbons (Fsp3) is 0.278. The molecule has 0 unspecified atom stereocenters. The number of amides is 1. The monoisotopic (exact) mass is 359 g/mol. The zero-order valence-electron chi connectivity index (χ0n) is 14.1. The first kappa shape index (κ1) is 17.3. The highest BCUT2D eigenvalue weighted by molar-refractivity contribution is 7.20. The second-order valence-electron chi connectivity index (χ2n) is 6.54. The molecule has 1 aromatic carbocycles. The van der Waals surface area contributed by atoms with Crippen LogP contribution in [0.15, 0.2) is 35.4 Å². The average Bonchev–Trinajstić information content (AvgIpc) is 2.91. The van der Waals surface area contributed by atoms with Crippen molar-refractivity contribution in [3.63, 3.8) is 0 Å². The van der Waals surface area contributed by atoms with Gasteiger partial charge in [-0.1, -0.05) is 26.0 Å². The summed E-state index contributed by atoms with van der Waals surface area (Å²) in [5.74, 6) is -0.563. The molecule has 130 valence electrons. The second kappa shape index (κ2) is 6.40. The van der Waals surface area contributed by atoms with E-state index in [4.69, 9.17) is 0 Å². The molecule has 0 spiro atoms. The van der Waals surface area contributed by atoms with Crippen LogP contribution < -0.4 is 10.9 Å². The molecule has 2 N–H and O–H groups in total. The van der Waals surface area contributed by atoms with E-state index in [1.165, 1.54) is 29.8 Å². The van der Waals surface area contributed by atoms with Gasteiger partial charge < -0.3 is 10.3 Å². The molecule has 0 atom stereocenters. The van der Waals surface area contributed by atoms with Gasteiger partial charge >= 0.3 is 0 Å². The van der Waals surface area contributed by atoms with Crippen LogP contribution in [-0.4, -0.2) is 22.4 Å². The lowest BCUT2D eigenvalue weighted by Crippen LogP contribution is -2.36. The number of hydrogen-bond acceptors (Lipinski definition) is 4. The highest BCUT2D eigenvalue weighted by Crippen LogP contribution is 2.27. The van der Waals surface area contributed by atoms with Crippen molar-refractivity contribution in [2.45, 2.75) is 26.2 Å². The smallest absolute Gasteiger partial charge is 0.261 e. The number of carbonyl (C=O) groups is 1. The van der Waals surface area contributed by atoms with Crippen molar-refractivity contribution in [2.75, 3.05) is 6.54 Å². The van der Waals surface area contributed by atoms with Gasteiger partial charge in [-0.25, -0.2) is 9.37 Å². The molecule has 2 aromatic heterocycles. The largest absolute Gasteiger partial charge is 0.350 e. The number of aromatic amines is 1. The number of rotatable bonds is 4. The molecule has 3 rings (SSSR count). The highest BCUT2D eigenvalue weighted by Gasteiger charge is 2.24. The molecular formula is C18H18FN3O2S. The molecule has 0 aliphatic rings. The maximum atomic E-state index is 13.4. The van der Waals surface area contributed by atoms with Gasteiger partial charge in [0.25, 0.3) is 11.5 Å². The first-order valence-electron chi connectivity index (χ1n) is 7.80. The molecule has 2 heterocycles. The molecule has 7 heteroatoms. The number of hydrogen-bond donors (Lipinski definition) is 2. The van der Waals surface area contributed by atoms with E-state index in [9.17, 15) is 14.0 Å². The highest BCUT2D eigenvalue weighted by atomic mass is 32.1. The minimum Gasteiger partial charge on any atom is -0.350 e. The normalized spacial score (nSPS) is 11.7. The minimum absolute atomic E-state index is 0.252. The van der Waals surface area contributed by atoms with Gasteiger partial charge in [0.15, 0.2) is 0 Å². The Kier molecular flexibility index (Phi) is 4.43. The fourth-order valence-electron chi connectivity index (χ4n) is 2.69. The lowest BCUT2D eigenvalue weighted by Gasteiger charge is -2.25. The van der Waals surface area contributed by atoms with Crippen molar-refractivity contribution in [2.24, 2.45) is 0 Å². The molecule has 25 heavy (non-hydrogen) atoms. The summed E-state index contributed by atoms with van der Waals surface area (Å²) in [6.45, 7) is 5.95. The van der Waals surface area contributed by atoms with Crippen molar-refractivity contribution in [1.29, 1.82) is 0 Å². The quantitative estimate of drug-likeness (QED) is 0.751. The van der Waals surface area contributed by atoms with Gasteiger partial charge in [0, 0.05) is 12.0 Å². The van der Waals surface area contributed by atoms with Crippen LogP contribution in [0.5, 0.6) is 0 Å². The van der Waals surface area contributed by atoms with E-state index in [0.717, 1.165) is 5.56 Å². The van der Waals surface area contributed by atoms with Crippen LogP contribution in [0.25, 0.3) is 10.2 Å². The van der Waals surface area contributed by atoms with Crippen LogP contribution in [0.2, 0.25) is 0 Å². The number of nitrogens with one attached hydrogen (secondary N) is 2. The Morgan fingerprint density at radius 1 is 1.40 bits per heavy atom. The molecule has 0 aliphatic carbocycles. The number of halogens is 1. The minimum atomic E-state index is -0.432. The zero-order valence-corrected chi connectivity index (χ0v) is 15.0. The van der Waals surface area contributed by atoms with Crippen LogP contribution in [0, 0.1) is 12.7 Å². The molecule has 0 radical (unpaired) electrons. The number of aromatic nitrogens is 2. The topological polar surface area (TPSA) is 74.8 Å². The van der Waals surface area contributed by atoms with Crippen molar-refractivity contribution in [3.8, 4) is 0 Å². The lowest BCUT2D eigenvalue weighted by molar-refractivity contribution is 0.0949. The van der Waals surface area contributed by atoms with Crippen molar-refractivity contribution in [1.82, 2.24) is 15.3 Å². The van der Waals surface area contributed by atoms with Gasteiger partial charge in [-0.3, -0.25) is 9.59 Å². The van der Waals surface area contributed by atoms with E-state index in [0.29, 0.717) is 27.2 Å². The van der Waals surface area contributed by atoms with E-state index >= 15 is 0 Å². The summed E-state index contributed by atoms with van der Waals surface area (Å²) >= 11 is 1.19. The first-order valence-corrected chi connectivity index (χ1v) is 8.62. The summed E-state index contributed by atoms with van der Waals surface area (Å²) in [6, 6.07) is 6.36. The van der Waals surface area contributed by atoms with Gasteiger partial charge in [0.05, 0.1) is 16.6 Å². The molecular weight excluding hydrogens is 341 g/mol. The van der Waals surface area contributed by atoms with Crippen molar-refractivity contribution < 1.29 is 9.18 Å². The number of nitrogens with zero attached hydrogens (tertiary/aromatic N) is 1. The van der Waals surface area contributed by atoms with E-state index in [1.807, 2.05) is 19.9 Å². The van der Waals surface area contributed by atoms with Crippen molar-refractivity contribution in [3.05, 3.63) is 62.8 Å². The molecule has 0 aliphatic heterocycles. The Morgan fingerprint density at radius 2 is 2.16 bits per heavy atom. The molecule has 1 amide bonds. The van der Waals surface area contributed by atoms with E-state index in [1.54, 1.807) is 13.0 Å². The SMILES string of the molecule is Cc1c(C(=O)NCC(C)(C)c2cccc(F)c2)sc2nc[nH]c(=O)c12. The van der Waals surface area contributed by atoms with Crippen LogP contribution in [-0.2, 0) is 5.41 Å². The van der Waals surface area contributed by atoms with Gasteiger partial charge in [-0.15, -0.1) is 11.3 Å². The maximum absolute atomic E-state index is 13.4. The standard InChI is InChI=1S/C18H18FN3O2S/c1-10-13-15(23)21-9-22-17(13)25-14(10)16(24)20-8-18(2,3)11-5-4-6-12(19)7-11/h4-7,9H,8H2,1-3H3,(H,20,24)(H,21,22,23). The van der Waals surface area contributed by atoms with E-state index in [-0.39, 0.29) is 17.3 Å². The predicted molar refractivity (Wildman–Crippen MR) is 96.7 cm³/mol. The number of aryl methyl sites for hydroxylation is 1. The van der Waals surface area contributed by atoms with Crippen LogP contribution >= 0.6 is 11.3 Å². The average molecular weight is 359 g/mol. The molecule has 0 saturated heterocycles. The second-order valence-corrected chi connectivity index (χ2v) is 7.54. The van der Waals surface area contributed by atoms with E-state index in [2.05, 4.69) is 15.3 Å². The lowest BCUT2D eigenvalue weighted by atomic mass is 9.84. The Balaban J connectivity index is 1.82. The Bertz CT molecular complexity index is 1010. The number of thiophene rings is 1. The zero-order chi connectivity index (χ0) is 18.2. The van der Waals surface area contributed by atoms with Gasteiger partial charge in [0.2, 0.25) is 0 Å². The van der Waals surface area contributed by atoms with Crippen LogP contribution in [0.3, 0.4) is 0 Å². The van der Waals surface area contributed by atoms with E-state index < -0.39 is 5.41 Å². The summed E-state index contributed by atoms with van der Waals surface area (Å²) in [7, 11) is 0. The number of carbonyl (C=O) groups excluding carboxylic acids is 1.